The van der Waals surface area contributed by atoms with Crippen molar-refractivity contribution in [1.82, 2.24) is 5.32 Å². The van der Waals surface area contributed by atoms with E-state index in [2.05, 4.69) is 5.32 Å². The van der Waals surface area contributed by atoms with Gasteiger partial charge in [0.1, 0.15) is 0 Å². The fraction of sp³-hybridized carbons (Fsp3) is 1.00. The van der Waals surface area contributed by atoms with E-state index in [4.69, 9.17) is 4.74 Å². The molecule has 0 aliphatic carbocycles. The third kappa shape index (κ3) is 1.64. The van der Waals surface area contributed by atoms with Crippen LogP contribution in [0.1, 0.15) is 6.42 Å². The summed E-state index contributed by atoms with van der Waals surface area (Å²) in [7, 11) is 1.63. The predicted octanol–water partition coefficient (Wildman–Crippen LogP) is -0.644. The normalized spacial score (nSPS) is 36.7. The van der Waals surface area contributed by atoms with Crippen molar-refractivity contribution in [3.05, 3.63) is 0 Å². The first-order valence-electron chi connectivity index (χ1n) is 3.26. The highest BCUT2D eigenvalue weighted by molar-refractivity contribution is 4.76. The van der Waals surface area contributed by atoms with Crippen LogP contribution in [0.25, 0.3) is 0 Å². The second-order valence-corrected chi connectivity index (χ2v) is 2.33. The fourth-order valence-corrected chi connectivity index (χ4v) is 1.06. The molecule has 0 amide bonds. The maximum atomic E-state index is 9.20. The van der Waals surface area contributed by atoms with Gasteiger partial charge in [-0.1, -0.05) is 0 Å². The van der Waals surface area contributed by atoms with E-state index >= 15 is 0 Å². The van der Waals surface area contributed by atoms with Crippen molar-refractivity contribution in [2.45, 2.75) is 18.6 Å². The maximum absolute atomic E-state index is 9.20. The SMILES string of the molecule is CO[C@H]1CNCC[C@@H]1O. The Hall–Kier alpha value is -0.120. The lowest BCUT2D eigenvalue weighted by molar-refractivity contribution is -0.0273. The molecule has 0 unspecified atom stereocenters. The second kappa shape index (κ2) is 3.15. The van der Waals surface area contributed by atoms with Crippen molar-refractivity contribution >= 4 is 0 Å². The highest BCUT2D eigenvalue weighted by Gasteiger charge is 2.21. The number of hydrogen-bond acceptors (Lipinski definition) is 3. The Bertz CT molecular complexity index is 87.1. The minimum Gasteiger partial charge on any atom is -0.390 e. The van der Waals surface area contributed by atoms with Crippen LogP contribution in [-0.4, -0.2) is 37.5 Å². The molecule has 0 aromatic rings. The number of methoxy groups -OCH3 is 1. The summed E-state index contributed by atoms with van der Waals surface area (Å²) in [5.41, 5.74) is 0. The summed E-state index contributed by atoms with van der Waals surface area (Å²) in [6, 6.07) is 0. The van der Waals surface area contributed by atoms with E-state index in [9.17, 15) is 5.11 Å². The lowest BCUT2D eigenvalue weighted by Gasteiger charge is -2.26. The molecule has 0 spiro atoms. The zero-order valence-electron chi connectivity index (χ0n) is 5.63. The Morgan fingerprint density at radius 1 is 1.67 bits per heavy atom. The summed E-state index contributed by atoms with van der Waals surface area (Å²) >= 11 is 0. The Kier molecular flexibility index (Phi) is 2.45. The van der Waals surface area contributed by atoms with Gasteiger partial charge in [-0.15, -0.1) is 0 Å². The topological polar surface area (TPSA) is 41.5 Å². The zero-order valence-corrected chi connectivity index (χ0v) is 5.63. The minimum absolute atomic E-state index is 0.00116. The van der Waals surface area contributed by atoms with Crippen molar-refractivity contribution in [2.75, 3.05) is 20.2 Å². The van der Waals surface area contributed by atoms with E-state index in [1.165, 1.54) is 0 Å². The molecule has 0 aromatic carbocycles. The van der Waals surface area contributed by atoms with Crippen LogP contribution >= 0.6 is 0 Å². The van der Waals surface area contributed by atoms with Gasteiger partial charge in [-0.2, -0.15) is 0 Å². The predicted molar refractivity (Wildman–Crippen MR) is 34.3 cm³/mol. The summed E-state index contributed by atoms with van der Waals surface area (Å²) in [4.78, 5) is 0. The first-order valence-corrected chi connectivity index (χ1v) is 3.26. The third-order valence-corrected chi connectivity index (χ3v) is 1.69. The van der Waals surface area contributed by atoms with Crippen LogP contribution in [0, 0.1) is 0 Å². The van der Waals surface area contributed by atoms with E-state index in [0.29, 0.717) is 0 Å². The highest BCUT2D eigenvalue weighted by atomic mass is 16.5. The second-order valence-electron chi connectivity index (χ2n) is 2.33. The van der Waals surface area contributed by atoms with Crippen molar-refractivity contribution < 1.29 is 9.84 Å². The summed E-state index contributed by atoms with van der Waals surface area (Å²) in [6.45, 7) is 1.68. The molecule has 1 fully saturated rings. The van der Waals surface area contributed by atoms with Crippen LogP contribution in [-0.2, 0) is 4.74 Å². The molecule has 1 aliphatic heterocycles. The van der Waals surface area contributed by atoms with Crippen LogP contribution < -0.4 is 5.32 Å². The molecule has 1 heterocycles. The van der Waals surface area contributed by atoms with E-state index in [-0.39, 0.29) is 12.2 Å². The van der Waals surface area contributed by atoms with E-state index < -0.39 is 0 Å². The van der Waals surface area contributed by atoms with Crippen molar-refractivity contribution in [3.8, 4) is 0 Å². The molecule has 0 saturated carbocycles. The standard InChI is InChI=1S/C6H13NO2/c1-9-6-4-7-3-2-5(6)8/h5-8H,2-4H2,1H3/t5-,6-/m0/s1. The van der Waals surface area contributed by atoms with Crippen LogP contribution in [0.2, 0.25) is 0 Å². The summed E-state index contributed by atoms with van der Waals surface area (Å²) in [5.74, 6) is 0. The van der Waals surface area contributed by atoms with Gasteiger partial charge in [0, 0.05) is 13.7 Å². The lowest BCUT2D eigenvalue weighted by atomic mass is 10.1. The van der Waals surface area contributed by atoms with Gasteiger partial charge in [-0.05, 0) is 13.0 Å². The van der Waals surface area contributed by atoms with Gasteiger partial charge < -0.3 is 15.2 Å². The number of nitrogens with one attached hydrogen (secondary N) is 1. The smallest absolute Gasteiger partial charge is 0.0954 e. The van der Waals surface area contributed by atoms with Gasteiger partial charge in [-0.25, -0.2) is 0 Å². The van der Waals surface area contributed by atoms with Crippen molar-refractivity contribution in [3.63, 3.8) is 0 Å². The molecule has 3 nitrogen and oxygen atoms in total. The molecule has 9 heavy (non-hydrogen) atoms. The number of aliphatic hydroxyl groups is 1. The molecule has 3 heteroatoms. The molecule has 0 radical (unpaired) electrons. The van der Waals surface area contributed by atoms with E-state index in [0.717, 1.165) is 19.5 Å². The Morgan fingerprint density at radius 2 is 2.44 bits per heavy atom. The van der Waals surface area contributed by atoms with E-state index in [1.54, 1.807) is 7.11 Å². The molecular weight excluding hydrogens is 118 g/mol. The van der Waals surface area contributed by atoms with Gasteiger partial charge in [0.05, 0.1) is 12.2 Å². The molecule has 0 aromatic heterocycles. The van der Waals surface area contributed by atoms with Crippen LogP contribution in [0.4, 0.5) is 0 Å². The molecule has 2 atom stereocenters. The van der Waals surface area contributed by atoms with E-state index in [1.807, 2.05) is 0 Å². The number of hydrogen-bond donors (Lipinski definition) is 2. The monoisotopic (exact) mass is 131 g/mol. The van der Waals surface area contributed by atoms with Gasteiger partial charge >= 0.3 is 0 Å². The van der Waals surface area contributed by atoms with Crippen LogP contribution in [0.5, 0.6) is 0 Å². The fourth-order valence-electron chi connectivity index (χ4n) is 1.06. The van der Waals surface area contributed by atoms with Gasteiger partial charge in [0.25, 0.3) is 0 Å². The number of aliphatic hydroxyl groups excluding tert-OH is 1. The number of piperidine rings is 1. The first-order chi connectivity index (χ1) is 4.34. The van der Waals surface area contributed by atoms with Crippen LogP contribution in [0.15, 0.2) is 0 Å². The quantitative estimate of drug-likeness (QED) is 0.497. The van der Waals surface area contributed by atoms with Crippen LogP contribution in [0.3, 0.4) is 0 Å². The van der Waals surface area contributed by atoms with Gasteiger partial charge in [-0.3, -0.25) is 0 Å². The Balaban J connectivity index is 2.30. The molecule has 2 N–H and O–H groups in total. The molecule has 1 rings (SSSR count). The average molecular weight is 131 g/mol. The third-order valence-electron chi connectivity index (χ3n) is 1.69. The van der Waals surface area contributed by atoms with Gasteiger partial charge in [0.2, 0.25) is 0 Å². The molecule has 1 aliphatic rings. The Labute approximate surface area is 55.0 Å². The zero-order chi connectivity index (χ0) is 6.69. The molecule has 54 valence electrons. The number of rotatable bonds is 1. The molecular formula is C6H13NO2. The molecule has 0 bridgehead atoms. The Morgan fingerprint density at radius 3 is 2.89 bits per heavy atom. The first kappa shape index (κ1) is 6.99. The average Bonchev–Trinajstić information content (AvgIpc) is 1.89. The summed E-state index contributed by atoms with van der Waals surface area (Å²) in [5, 5.41) is 12.3. The summed E-state index contributed by atoms with van der Waals surface area (Å²) < 4.78 is 4.99. The number of ether oxygens (including phenoxy) is 1. The molecule has 1 saturated heterocycles. The lowest BCUT2D eigenvalue weighted by Crippen LogP contribution is -2.44. The van der Waals surface area contributed by atoms with Gasteiger partial charge in [0.15, 0.2) is 0 Å². The highest BCUT2D eigenvalue weighted by Crippen LogP contribution is 2.05. The maximum Gasteiger partial charge on any atom is 0.0954 e. The van der Waals surface area contributed by atoms with Crippen molar-refractivity contribution in [1.29, 1.82) is 0 Å². The summed E-state index contributed by atoms with van der Waals surface area (Å²) in [6.07, 6.45) is 0.536. The van der Waals surface area contributed by atoms with Crippen molar-refractivity contribution in [2.24, 2.45) is 0 Å². The minimum atomic E-state index is -0.267. The largest absolute Gasteiger partial charge is 0.390 e.